The van der Waals surface area contributed by atoms with Crippen LogP contribution in [0.1, 0.15) is 16.2 Å². The predicted octanol–water partition coefficient (Wildman–Crippen LogP) is 2.20. The van der Waals surface area contributed by atoms with Crippen LogP contribution in [0.15, 0.2) is 18.2 Å². The highest BCUT2D eigenvalue weighted by Crippen LogP contribution is 2.26. The normalized spacial score (nSPS) is 10.2. The molecule has 2 rings (SSSR count). The number of nitro groups is 1. The molecule has 2 aromatic rings. The van der Waals surface area contributed by atoms with Crippen molar-refractivity contribution in [2.75, 3.05) is 5.32 Å². The molecule has 19 heavy (non-hydrogen) atoms. The van der Waals surface area contributed by atoms with Gasteiger partial charge in [-0.2, -0.15) is 4.37 Å². The number of anilines is 2. The van der Waals surface area contributed by atoms with Crippen LogP contribution < -0.4 is 5.32 Å². The van der Waals surface area contributed by atoms with Crippen LogP contribution in [-0.4, -0.2) is 25.4 Å². The molecule has 98 valence electrons. The Morgan fingerprint density at radius 1 is 1.53 bits per heavy atom. The number of hydrogen-bond acceptors (Lipinski definition) is 7. The van der Waals surface area contributed by atoms with Crippen molar-refractivity contribution in [3.63, 3.8) is 0 Å². The van der Waals surface area contributed by atoms with Gasteiger partial charge in [0.05, 0.1) is 4.92 Å². The molecule has 0 spiro atoms. The van der Waals surface area contributed by atoms with E-state index in [0.29, 0.717) is 16.6 Å². The third-order valence-corrected chi connectivity index (χ3v) is 2.93. The average Bonchev–Trinajstić information content (AvgIpc) is 2.74. The highest BCUT2D eigenvalue weighted by molar-refractivity contribution is 7.09. The Kier molecular flexibility index (Phi) is 3.38. The first-order valence-corrected chi connectivity index (χ1v) is 5.84. The van der Waals surface area contributed by atoms with E-state index in [-0.39, 0.29) is 5.56 Å². The monoisotopic (exact) mass is 280 g/mol. The number of hydrogen-bond donors (Lipinski definition) is 2. The molecule has 1 aromatic heterocycles. The summed E-state index contributed by atoms with van der Waals surface area (Å²) in [5, 5.41) is 23.0. The van der Waals surface area contributed by atoms with Gasteiger partial charge in [-0.1, -0.05) is 0 Å². The van der Waals surface area contributed by atoms with Crippen molar-refractivity contribution in [1.29, 1.82) is 0 Å². The molecule has 1 aromatic carbocycles. The standard InChI is InChI=1S/C10H8N4O4S/c1-5-11-10(19-13-5)12-6-2-3-7(9(15)16)8(4-6)14(17)18/h2-4H,1H3,(H,15,16)(H,11,12,13). The molecule has 0 fully saturated rings. The molecular weight excluding hydrogens is 272 g/mol. The van der Waals surface area contributed by atoms with E-state index in [0.717, 1.165) is 17.6 Å². The van der Waals surface area contributed by atoms with Gasteiger partial charge in [0.15, 0.2) is 0 Å². The van der Waals surface area contributed by atoms with Crippen molar-refractivity contribution in [3.05, 3.63) is 39.7 Å². The topological polar surface area (TPSA) is 118 Å². The summed E-state index contributed by atoms with van der Waals surface area (Å²) >= 11 is 1.11. The Bertz CT molecular complexity index is 655. The largest absolute Gasteiger partial charge is 0.477 e. The average molecular weight is 280 g/mol. The van der Waals surface area contributed by atoms with Crippen LogP contribution in [0.3, 0.4) is 0 Å². The van der Waals surface area contributed by atoms with Crippen LogP contribution in [0.2, 0.25) is 0 Å². The summed E-state index contributed by atoms with van der Waals surface area (Å²) in [7, 11) is 0. The summed E-state index contributed by atoms with van der Waals surface area (Å²) in [5.41, 5.74) is -0.449. The fourth-order valence-corrected chi connectivity index (χ4v) is 2.01. The fourth-order valence-electron chi connectivity index (χ4n) is 1.41. The number of nitrogens with zero attached hydrogens (tertiary/aromatic N) is 3. The lowest BCUT2D eigenvalue weighted by Gasteiger charge is -2.03. The highest BCUT2D eigenvalue weighted by Gasteiger charge is 2.20. The maximum Gasteiger partial charge on any atom is 0.342 e. The summed E-state index contributed by atoms with van der Waals surface area (Å²) in [4.78, 5) is 25.0. The molecular formula is C10H8N4O4S. The summed E-state index contributed by atoms with van der Waals surface area (Å²) in [6.45, 7) is 1.72. The first-order chi connectivity index (χ1) is 8.97. The Hall–Kier alpha value is -2.55. The predicted molar refractivity (Wildman–Crippen MR) is 68.0 cm³/mol. The molecule has 0 saturated heterocycles. The summed E-state index contributed by atoms with van der Waals surface area (Å²) in [6, 6.07) is 3.77. The molecule has 1 heterocycles. The van der Waals surface area contributed by atoms with E-state index >= 15 is 0 Å². The van der Waals surface area contributed by atoms with Crippen molar-refractivity contribution in [2.24, 2.45) is 0 Å². The third-order valence-electron chi connectivity index (χ3n) is 2.20. The number of aryl methyl sites for hydroxylation is 1. The number of carboxylic acids is 1. The molecule has 0 aliphatic rings. The van der Waals surface area contributed by atoms with Crippen LogP contribution in [0.5, 0.6) is 0 Å². The Labute approximate surface area is 111 Å². The van der Waals surface area contributed by atoms with Gasteiger partial charge >= 0.3 is 5.97 Å². The first-order valence-electron chi connectivity index (χ1n) is 5.06. The van der Waals surface area contributed by atoms with Gasteiger partial charge in [0.25, 0.3) is 5.69 Å². The number of nitro benzene ring substituents is 1. The van der Waals surface area contributed by atoms with Gasteiger partial charge in [0.2, 0.25) is 5.13 Å². The second kappa shape index (κ2) is 4.98. The van der Waals surface area contributed by atoms with Crippen molar-refractivity contribution < 1.29 is 14.8 Å². The second-order valence-corrected chi connectivity index (χ2v) is 4.32. The minimum absolute atomic E-state index is 0.357. The minimum Gasteiger partial charge on any atom is -0.477 e. The van der Waals surface area contributed by atoms with Crippen LogP contribution in [0.4, 0.5) is 16.5 Å². The number of nitrogens with one attached hydrogen (secondary N) is 1. The van der Waals surface area contributed by atoms with Crippen molar-refractivity contribution in [2.45, 2.75) is 6.92 Å². The SMILES string of the molecule is Cc1nsc(Nc2ccc(C(=O)O)c([N+](=O)[O-])c2)n1. The van der Waals surface area contributed by atoms with Gasteiger partial charge in [-0.15, -0.1) is 0 Å². The number of carbonyl (C=O) groups is 1. The molecule has 8 nitrogen and oxygen atoms in total. The molecule has 0 atom stereocenters. The summed E-state index contributed by atoms with van der Waals surface area (Å²) in [6.07, 6.45) is 0. The Morgan fingerprint density at radius 2 is 2.26 bits per heavy atom. The smallest absolute Gasteiger partial charge is 0.342 e. The van der Waals surface area contributed by atoms with Crippen LogP contribution >= 0.6 is 11.5 Å². The van der Waals surface area contributed by atoms with Gasteiger partial charge in [0.1, 0.15) is 11.4 Å². The number of rotatable bonds is 4. The van der Waals surface area contributed by atoms with E-state index in [9.17, 15) is 14.9 Å². The highest BCUT2D eigenvalue weighted by atomic mass is 32.1. The lowest BCUT2D eigenvalue weighted by molar-refractivity contribution is -0.385. The molecule has 0 aliphatic heterocycles. The molecule has 0 bridgehead atoms. The van der Waals surface area contributed by atoms with Crippen molar-refractivity contribution >= 4 is 34.0 Å². The second-order valence-electron chi connectivity index (χ2n) is 3.57. The van der Waals surface area contributed by atoms with E-state index < -0.39 is 16.6 Å². The van der Waals surface area contributed by atoms with Gasteiger partial charge in [-0.25, -0.2) is 9.78 Å². The molecule has 0 unspecified atom stereocenters. The van der Waals surface area contributed by atoms with Crippen LogP contribution in [-0.2, 0) is 0 Å². The number of aromatic carboxylic acids is 1. The molecule has 9 heteroatoms. The summed E-state index contributed by atoms with van der Waals surface area (Å²) in [5.74, 6) is -0.755. The Morgan fingerprint density at radius 3 is 2.79 bits per heavy atom. The van der Waals surface area contributed by atoms with E-state index in [1.165, 1.54) is 12.1 Å². The minimum atomic E-state index is -1.34. The van der Waals surface area contributed by atoms with E-state index in [4.69, 9.17) is 5.11 Å². The van der Waals surface area contributed by atoms with Gasteiger partial charge in [-0.05, 0) is 19.1 Å². The zero-order chi connectivity index (χ0) is 14.0. The lowest BCUT2D eigenvalue weighted by atomic mass is 10.1. The molecule has 0 amide bonds. The third kappa shape index (κ3) is 2.83. The van der Waals surface area contributed by atoms with Gasteiger partial charge < -0.3 is 10.4 Å². The Balaban J connectivity index is 2.35. The zero-order valence-electron chi connectivity index (χ0n) is 9.65. The lowest BCUT2D eigenvalue weighted by Crippen LogP contribution is -2.03. The van der Waals surface area contributed by atoms with Crippen molar-refractivity contribution in [3.8, 4) is 0 Å². The zero-order valence-corrected chi connectivity index (χ0v) is 10.5. The maximum atomic E-state index is 10.9. The van der Waals surface area contributed by atoms with E-state index in [1.54, 1.807) is 6.92 Å². The number of benzene rings is 1. The van der Waals surface area contributed by atoms with Gasteiger partial charge in [0, 0.05) is 23.3 Å². The summed E-state index contributed by atoms with van der Waals surface area (Å²) < 4.78 is 3.96. The maximum absolute atomic E-state index is 10.9. The van der Waals surface area contributed by atoms with Crippen LogP contribution in [0, 0.1) is 17.0 Å². The molecule has 2 N–H and O–H groups in total. The van der Waals surface area contributed by atoms with Gasteiger partial charge in [-0.3, -0.25) is 10.1 Å². The quantitative estimate of drug-likeness (QED) is 0.650. The number of carboxylic acid groups (broad SMARTS) is 1. The fraction of sp³-hybridized carbons (Fsp3) is 0.100. The van der Waals surface area contributed by atoms with Crippen molar-refractivity contribution in [1.82, 2.24) is 9.36 Å². The molecule has 0 saturated carbocycles. The number of aromatic nitrogens is 2. The molecule has 0 radical (unpaired) electrons. The van der Waals surface area contributed by atoms with E-state index in [1.807, 2.05) is 0 Å². The first kappa shape index (κ1) is 12.9. The van der Waals surface area contributed by atoms with E-state index in [2.05, 4.69) is 14.7 Å². The molecule has 0 aliphatic carbocycles. The van der Waals surface area contributed by atoms with Crippen LogP contribution in [0.25, 0.3) is 0 Å².